The summed E-state index contributed by atoms with van der Waals surface area (Å²) >= 11 is 1.71. The Morgan fingerprint density at radius 1 is 0.875 bits per heavy atom. The van der Waals surface area contributed by atoms with Crippen LogP contribution in [-0.4, -0.2) is 29.9 Å². The van der Waals surface area contributed by atoms with Gasteiger partial charge in [-0.15, -0.1) is 11.8 Å². The number of urea groups is 1. The Kier molecular flexibility index (Phi) is 7.46. The molecule has 6 heteroatoms. The van der Waals surface area contributed by atoms with Gasteiger partial charge in [0.1, 0.15) is 0 Å². The Morgan fingerprint density at radius 3 is 2.34 bits per heavy atom. The third-order valence-corrected chi connectivity index (χ3v) is 6.63. The summed E-state index contributed by atoms with van der Waals surface area (Å²) in [7, 11) is 0. The van der Waals surface area contributed by atoms with Crippen molar-refractivity contribution >= 4 is 35.1 Å². The lowest BCUT2D eigenvalue weighted by atomic mass is 9.97. The van der Waals surface area contributed by atoms with Crippen LogP contribution in [0.2, 0.25) is 0 Å². The first-order valence-electron chi connectivity index (χ1n) is 10.9. The summed E-state index contributed by atoms with van der Waals surface area (Å²) in [6.07, 6.45) is 1.59. The van der Waals surface area contributed by atoms with Crippen LogP contribution < -0.4 is 10.6 Å². The maximum absolute atomic E-state index is 13.0. The lowest BCUT2D eigenvalue weighted by molar-refractivity contribution is -0.121. The largest absolute Gasteiger partial charge is 0.325 e. The fourth-order valence-electron chi connectivity index (χ4n) is 3.77. The van der Waals surface area contributed by atoms with Crippen molar-refractivity contribution in [1.82, 2.24) is 4.90 Å². The number of rotatable bonds is 6. The van der Waals surface area contributed by atoms with Gasteiger partial charge in [0.15, 0.2) is 0 Å². The number of nitrogens with zero attached hydrogens (tertiary/aromatic N) is 1. The van der Waals surface area contributed by atoms with E-state index in [0.717, 1.165) is 34.9 Å². The molecule has 32 heavy (non-hydrogen) atoms. The number of thioether (sulfide) groups is 1. The normalized spacial score (nSPS) is 15.8. The number of carbonyl (C=O) groups is 2. The third-order valence-electron chi connectivity index (χ3n) is 5.49. The topological polar surface area (TPSA) is 61.4 Å². The van der Waals surface area contributed by atoms with E-state index >= 15 is 0 Å². The zero-order chi connectivity index (χ0) is 22.2. The number of para-hydroxylation sites is 2. The number of carbonyl (C=O) groups excluding carboxylic acids is 2. The van der Waals surface area contributed by atoms with Gasteiger partial charge in [-0.3, -0.25) is 4.79 Å². The summed E-state index contributed by atoms with van der Waals surface area (Å²) in [6.45, 7) is 1.08. The Balaban J connectivity index is 1.36. The number of hydrogen-bond acceptors (Lipinski definition) is 3. The van der Waals surface area contributed by atoms with Crippen LogP contribution in [0.3, 0.4) is 0 Å². The molecule has 1 unspecified atom stereocenters. The summed E-state index contributed by atoms with van der Waals surface area (Å²) in [5.74, 6) is 0.581. The molecule has 164 valence electrons. The van der Waals surface area contributed by atoms with E-state index in [4.69, 9.17) is 0 Å². The molecule has 0 spiro atoms. The molecular weight excluding hydrogens is 418 g/mol. The number of piperidine rings is 1. The van der Waals surface area contributed by atoms with Gasteiger partial charge in [-0.2, -0.15) is 0 Å². The summed E-state index contributed by atoms with van der Waals surface area (Å²) < 4.78 is 0. The van der Waals surface area contributed by atoms with Crippen molar-refractivity contribution in [2.75, 3.05) is 23.7 Å². The van der Waals surface area contributed by atoms with Gasteiger partial charge in [-0.05, 0) is 42.7 Å². The number of amides is 3. The molecular formula is C26H27N3O2S. The highest BCUT2D eigenvalue weighted by molar-refractivity contribution is 7.98. The first-order valence-corrected chi connectivity index (χ1v) is 11.9. The van der Waals surface area contributed by atoms with E-state index in [0.29, 0.717) is 13.1 Å². The van der Waals surface area contributed by atoms with Crippen molar-refractivity contribution < 1.29 is 9.59 Å². The predicted octanol–water partition coefficient (Wildman–Crippen LogP) is 5.86. The van der Waals surface area contributed by atoms with Crippen LogP contribution in [0, 0.1) is 5.92 Å². The zero-order valence-electron chi connectivity index (χ0n) is 17.9. The van der Waals surface area contributed by atoms with E-state index in [2.05, 4.69) is 22.8 Å². The van der Waals surface area contributed by atoms with Crippen LogP contribution in [0.4, 0.5) is 16.2 Å². The van der Waals surface area contributed by atoms with Crippen LogP contribution in [0.1, 0.15) is 18.4 Å². The van der Waals surface area contributed by atoms with Crippen molar-refractivity contribution in [2.45, 2.75) is 23.5 Å². The van der Waals surface area contributed by atoms with Crippen molar-refractivity contribution in [1.29, 1.82) is 0 Å². The molecule has 3 aromatic rings. The highest BCUT2D eigenvalue weighted by Gasteiger charge is 2.29. The van der Waals surface area contributed by atoms with Gasteiger partial charge >= 0.3 is 6.03 Å². The second-order valence-electron chi connectivity index (χ2n) is 7.84. The van der Waals surface area contributed by atoms with Crippen molar-refractivity contribution in [2.24, 2.45) is 5.92 Å². The third kappa shape index (κ3) is 5.92. The Morgan fingerprint density at radius 2 is 1.56 bits per heavy atom. The van der Waals surface area contributed by atoms with E-state index in [1.54, 1.807) is 16.7 Å². The first-order chi connectivity index (χ1) is 15.7. The molecule has 1 aliphatic heterocycles. The summed E-state index contributed by atoms with van der Waals surface area (Å²) in [5, 5.41) is 6.02. The Hall–Kier alpha value is -3.25. The van der Waals surface area contributed by atoms with Gasteiger partial charge in [0.2, 0.25) is 5.91 Å². The average Bonchev–Trinajstić information content (AvgIpc) is 2.85. The highest BCUT2D eigenvalue weighted by Crippen LogP contribution is 2.30. The number of nitrogens with one attached hydrogen (secondary N) is 2. The Labute approximate surface area is 193 Å². The average molecular weight is 446 g/mol. The molecule has 1 saturated heterocycles. The maximum Gasteiger partial charge on any atom is 0.321 e. The predicted molar refractivity (Wildman–Crippen MR) is 131 cm³/mol. The van der Waals surface area contributed by atoms with Gasteiger partial charge in [0.05, 0.1) is 11.6 Å². The molecule has 4 rings (SSSR count). The summed E-state index contributed by atoms with van der Waals surface area (Å²) in [6, 6.07) is 27.4. The smallest absolute Gasteiger partial charge is 0.321 e. The zero-order valence-corrected chi connectivity index (χ0v) is 18.7. The second-order valence-corrected chi connectivity index (χ2v) is 8.86. The van der Waals surface area contributed by atoms with Crippen LogP contribution in [0.15, 0.2) is 89.8 Å². The van der Waals surface area contributed by atoms with Gasteiger partial charge in [-0.1, -0.05) is 60.7 Å². The van der Waals surface area contributed by atoms with E-state index in [1.807, 2.05) is 72.8 Å². The number of anilines is 2. The van der Waals surface area contributed by atoms with Gasteiger partial charge in [0.25, 0.3) is 0 Å². The van der Waals surface area contributed by atoms with Gasteiger partial charge in [-0.25, -0.2) is 4.79 Å². The molecule has 3 amide bonds. The fourth-order valence-corrected chi connectivity index (χ4v) is 4.73. The molecule has 2 N–H and O–H groups in total. The number of benzene rings is 3. The standard InChI is InChI=1S/C26H27N3O2S/c30-25(21-12-9-17-29(18-21)26(31)27-22-13-5-2-6-14-22)28-23-15-7-8-16-24(23)32-19-20-10-3-1-4-11-20/h1-8,10-11,13-16,21H,9,12,17-19H2,(H,27,31)(H,28,30). The molecule has 0 aromatic heterocycles. The Bertz CT molecular complexity index is 1040. The quantitative estimate of drug-likeness (QED) is 0.467. The van der Waals surface area contributed by atoms with Crippen molar-refractivity contribution in [3.05, 3.63) is 90.5 Å². The van der Waals surface area contributed by atoms with E-state index < -0.39 is 0 Å². The van der Waals surface area contributed by atoms with Gasteiger partial charge in [0, 0.05) is 29.4 Å². The second kappa shape index (κ2) is 10.9. The molecule has 0 saturated carbocycles. The van der Waals surface area contributed by atoms with E-state index in [1.165, 1.54) is 5.56 Å². The van der Waals surface area contributed by atoms with Crippen LogP contribution >= 0.6 is 11.8 Å². The number of hydrogen-bond donors (Lipinski definition) is 2. The fraction of sp³-hybridized carbons (Fsp3) is 0.231. The lowest BCUT2D eigenvalue weighted by Gasteiger charge is -2.32. The lowest BCUT2D eigenvalue weighted by Crippen LogP contribution is -2.45. The first kappa shape index (κ1) is 22.0. The van der Waals surface area contributed by atoms with Crippen LogP contribution in [0.5, 0.6) is 0 Å². The molecule has 0 bridgehead atoms. The minimum Gasteiger partial charge on any atom is -0.325 e. The molecule has 0 aliphatic carbocycles. The minimum absolute atomic E-state index is 0.0324. The van der Waals surface area contributed by atoms with E-state index in [9.17, 15) is 9.59 Å². The molecule has 1 heterocycles. The molecule has 0 radical (unpaired) electrons. The maximum atomic E-state index is 13.0. The molecule has 3 aromatic carbocycles. The van der Waals surface area contributed by atoms with Gasteiger partial charge < -0.3 is 15.5 Å². The van der Waals surface area contributed by atoms with Crippen LogP contribution in [-0.2, 0) is 10.5 Å². The highest BCUT2D eigenvalue weighted by atomic mass is 32.2. The molecule has 1 aliphatic rings. The summed E-state index contributed by atoms with van der Waals surface area (Å²) in [4.78, 5) is 28.5. The molecule has 1 atom stereocenters. The SMILES string of the molecule is O=C(Nc1ccccc1SCc1ccccc1)C1CCCN(C(=O)Nc2ccccc2)C1. The van der Waals surface area contributed by atoms with Crippen molar-refractivity contribution in [3.63, 3.8) is 0 Å². The molecule has 5 nitrogen and oxygen atoms in total. The summed E-state index contributed by atoms with van der Waals surface area (Å²) in [5.41, 5.74) is 2.82. The monoisotopic (exact) mass is 445 g/mol. The van der Waals surface area contributed by atoms with Crippen molar-refractivity contribution in [3.8, 4) is 0 Å². The minimum atomic E-state index is -0.225. The van der Waals surface area contributed by atoms with Crippen LogP contribution in [0.25, 0.3) is 0 Å². The van der Waals surface area contributed by atoms with E-state index in [-0.39, 0.29) is 17.9 Å². The molecule has 1 fully saturated rings. The number of likely N-dealkylation sites (tertiary alicyclic amines) is 1.